The number of carbonyl (C=O) groups is 1. The summed E-state index contributed by atoms with van der Waals surface area (Å²) >= 11 is 0.170. The van der Waals surface area contributed by atoms with Gasteiger partial charge in [-0.25, -0.2) is 0 Å². The van der Waals surface area contributed by atoms with Crippen LogP contribution in [0.3, 0.4) is 0 Å². The van der Waals surface area contributed by atoms with Gasteiger partial charge in [0.05, 0.1) is 0 Å². The number of aliphatic hydroxyl groups is 4. The monoisotopic (exact) mass is 264 g/mol. The molecule has 62 valence electrons. The van der Waals surface area contributed by atoms with E-state index in [1.54, 1.807) is 0 Å². The number of aliphatic hydroxyl groups excluding tert-OH is 4. The van der Waals surface area contributed by atoms with Gasteiger partial charge < -0.3 is 0 Å². The minimum atomic E-state index is -1.58. The number of hydrogen-bond donors (Lipinski definition) is 4. The average Bonchev–Trinajstić information content (AvgIpc) is 2.00. The van der Waals surface area contributed by atoms with Crippen molar-refractivity contribution in [2.45, 2.75) is 18.3 Å². The van der Waals surface area contributed by atoms with Crippen molar-refractivity contribution < 1.29 is 25.2 Å². The number of carbonyl (C=O) groups excluding carboxylic acids is 1. The van der Waals surface area contributed by atoms with Crippen molar-refractivity contribution in [1.29, 1.82) is 0 Å². The van der Waals surface area contributed by atoms with Crippen LogP contribution in [-0.2, 0) is 4.79 Å². The van der Waals surface area contributed by atoms with Gasteiger partial charge in [0.15, 0.2) is 0 Å². The van der Waals surface area contributed by atoms with Crippen LogP contribution in [-0.4, -0.2) is 73.3 Å². The Labute approximate surface area is 78.2 Å². The molecule has 0 aliphatic carbocycles. The van der Waals surface area contributed by atoms with Gasteiger partial charge in [-0.15, -0.1) is 0 Å². The standard InChI is InChI=1S/C5H9O5.In/c6-1-3(8)5(10)4(9)2-7;/h3-6,8-10H,1H2;/t3-,4-,5+;/m1./s1. The van der Waals surface area contributed by atoms with Gasteiger partial charge in [0.25, 0.3) is 0 Å². The molecule has 6 heteroatoms. The Morgan fingerprint density at radius 2 is 1.82 bits per heavy atom. The van der Waals surface area contributed by atoms with Crippen molar-refractivity contribution in [3.8, 4) is 0 Å². The molecule has 2 radical (unpaired) electrons. The third-order valence-electron chi connectivity index (χ3n) is 1.20. The molecule has 0 heterocycles. The first-order chi connectivity index (χ1) is 5.00. The predicted octanol–water partition coefficient (Wildman–Crippen LogP) is -3.24. The van der Waals surface area contributed by atoms with E-state index in [0.717, 1.165) is 0 Å². The normalized spacial score (nSPS) is 18.9. The summed E-state index contributed by atoms with van der Waals surface area (Å²) < 4.78 is -0.518. The summed E-state index contributed by atoms with van der Waals surface area (Å²) in [6.45, 7) is -0.675. The minimum absolute atomic E-state index is 0.170. The van der Waals surface area contributed by atoms with E-state index in [0.29, 0.717) is 0 Å². The van der Waals surface area contributed by atoms with E-state index in [9.17, 15) is 4.79 Å². The van der Waals surface area contributed by atoms with Gasteiger partial charge in [-0.05, 0) is 0 Å². The van der Waals surface area contributed by atoms with E-state index in [1.807, 2.05) is 0 Å². The van der Waals surface area contributed by atoms with E-state index in [1.165, 1.54) is 0 Å². The predicted molar refractivity (Wildman–Crippen MR) is 35.9 cm³/mol. The zero-order chi connectivity index (χ0) is 9.02. The van der Waals surface area contributed by atoms with Crippen LogP contribution in [0.15, 0.2) is 0 Å². The second-order valence-electron chi connectivity index (χ2n) is 2.09. The van der Waals surface area contributed by atoms with Gasteiger partial charge in [-0.2, -0.15) is 0 Å². The van der Waals surface area contributed by atoms with Crippen molar-refractivity contribution in [1.82, 2.24) is 0 Å². The van der Waals surface area contributed by atoms with Gasteiger partial charge in [0.2, 0.25) is 0 Å². The topological polar surface area (TPSA) is 98.0 Å². The maximum absolute atomic E-state index is 10.5. The van der Waals surface area contributed by atoms with Crippen molar-refractivity contribution in [2.24, 2.45) is 0 Å². The summed E-state index contributed by atoms with van der Waals surface area (Å²) in [5.41, 5.74) is 0. The van der Waals surface area contributed by atoms with E-state index in [4.69, 9.17) is 20.4 Å². The summed E-state index contributed by atoms with van der Waals surface area (Å²) in [6.07, 6.45) is -4.61. The van der Waals surface area contributed by atoms with E-state index >= 15 is 0 Å². The molecule has 0 aromatic heterocycles. The number of hydrogen-bond acceptors (Lipinski definition) is 5. The summed E-state index contributed by atoms with van der Waals surface area (Å²) in [5.74, 6) is 0. The van der Waals surface area contributed by atoms with Crippen molar-refractivity contribution in [3.63, 3.8) is 0 Å². The molecule has 0 aromatic carbocycles. The van der Waals surface area contributed by atoms with Crippen LogP contribution in [0.4, 0.5) is 0 Å². The summed E-state index contributed by atoms with van der Waals surface area (Å²) in [4.78, 5) is 10.5. The molecule has 3 atom stereocenters. The Bertz CT molecular complexity index is 139. The van der Waals surface area contributed by atoms with Crippen molar-refractivity contribution in [2.75, 3.05) is 6.61 Å². The molecule has 0 unspecified atom stereocenters. The quantitative estimate of drug-likeness (QED) is 0.427. The van der Waals surface area contributed by atoms with Gasteiger partial charge in [0, 0.05) is 0 Å². The third kappa shape index (κ3) is 3.53. The second kappa shape index (κ2) is 5.10. The fourth-order valence-corrected chi connectivity index (χ4v) is 1.05. The van der Waals surface area contributed by atoms with Gasteiger partial charge >= 0.3 is 78.1 Å². The molecule has 0 fully saturated rings. The van der Waals surface area contributed by atoms with Crippen LogP contribution in [0.1, 0.15) is 0 Å². The second-order valence-corrected chi connectivity index (χ2v) is 3.71. The molecular formula is C5H9InO5. The molecular weight excluding hydrogens is 255 g/mol. The van der Waals surface area contributed by atoms with Crippen LogP contribution < -0.4 is 0 Å². The van der Waals surface area contributed by atoms with E-state index in [-0.39, 0.29) is 24.4 Å². The Morgan fingerprint density at radius 1 is 1.36 bits per heavy atom. The summed E-state index contributed by atoms with van der Waals surface area (Å²) in [5, 5.41) is 34.8. The molecule has 0 rings (SSSR count). The Balaban J connectivity index is 4.00. The van der Waals surface area contributed by atoms with Gasteiger partial charge in [0.1, 0.15) is 0 Å². The Morgan fingerprint density at radius 3 is 2.09 bits per heavy atom. The van der Waals surface area contributed by atoms with Crippen molar-refractivity contribution in [3.05, 3.63) is 0 Å². The molecule has 0 aliphatic heterocycles. The van der Waals surface area contributed by atoms with Crippen LogP contribution in [0.25, 0.3) is 0 Å². The maximum atomic E-state index is 10.5. The molecule has 0 amide bonds. The van der Waals surface area contributed by atoms with Crippen LogP contribution in [0.2, 0.25) is 0 Å². The van der Waals surface area contributed by atoms with E-state index in [2.05, 4.69) is 0 Å². The van der Waals surface area contributed by atoms with Gasteiger partial charge in [-0.1, -0.05) is 0 Å². The van der Waals surface area contributed by atoms with E-state index < -0.39 is 28.5 Å². The fraction of sp³-hybridized carbons (Fsp3) is 0.800. The first kappa shape index (κ1) is 11.4. The molecule has 0 bridgehead atoms. The zero-order valence-electron chi connectivity index (χ0n) is 5.71. The molecule has 0 saturated carbocycles. The summed E-state index contributed by atoms with van der Waals surface area (Å²) in [7, 11) is 0. The Hall–Kier alpha value is 0.380. The van der Waals surface area contributed by atoms with Crippen LogP contribution in [0, 0.1) is 0 Å². The molecule has 0 aromatic rings. The van der Waals surface area contributed by atoms with Gasteiger partial charge in [-0.3, -0.25) is 0 Å². The average molecular weight is 264 g/mol. The molecule has 0 spiro atoms. The molecule has 11 heavy (non-hydrogen) atoms. The molecule has 5 nitrogen and oxygen atoms in total. The van der Waals surface area contributed by atoms with Crippen molar-refractivity contribution >= 4 is 27.9 Å². The first-order valence-corrected chi connectivity index (χ1v) is 4.60. The molecule has 4 N–H and O–H groups in total. The Kier molecular flexibility index (Phi) is 5.28. The third-order valence-corrected chi connectivity index (χ3v) is 2.17. The fourth-order valence-electron chi connectivity index (χ4n) is 0.487. The van der Waals surface area contributed by atoms with Crippen LogP contribution in [0.5, 0.6) is 0 Å². The zero-order valence-corrected chi connectivity index (χ0v) is 9.01. The summed E-state index contributed by atoms with van der Waals surface area (Å²) in [6, 6.07) is 0. The first-order valence-electron chi connectivity index (χ1n) is 2.95. The molecule has 0 aliphatic rings. The van der Waals surface area contributed by atoms with Crippen LogP contribution >= 0.6 is 0 Å². The SMILES string of the molecule is O=[C]([In])[C@@H](O)[C@@H](O)[C@H](O)CO. The molecule has 0 saturated heterocycles. The number of rotatable bonds is 4.